The zero-order valence-corrected chi connectivity index (χ0v) is 21.9. The first-order valence-corrected chi connectivity index (χ1v) is 12.2. The smallest absolute Gasteiger partial charge is 0.290 e. The lowest BCUT2D eigenvalue weighted by Crippen LogP contribution is -2.23. The largest absolute Gasteiger partial charge is 0.483 e. The van der Waals surface area contributed by atoms with Gasteiger partial charge in [-0.05, 0) is 86.8 Å². The second-order valence-corrected chi connectivity index (χ2v) is 10.3. The van der Waals surface area contributed by atoms with E-state index in [0.717, 1.165) is 49.2 Å². The van der Waals surface area contributed by atoms with E-state index in [1.165, 1.54) is 27.9 Å². The number of hydrogen-bond acceptors (Lipinski definition) is 6. The van der Waals surface area contributed by atoms with Gasteiger partial charge in [0.15, 0.2) is 5.69 Å². The van der Waals surface area contributed by atoms with Crippen LogP contribution in [0.25, 0.3) is 23.0 Å². The van der Waals surface area contributed by atoms with Crippen molar-refractivity contribution in [2.75, 3.05) is 0 Å². The van der Waals surface area contributed by atoms with Gasteiger partial charge in [-0.1, -0.05) is 19.0 Å². The molecule has 0 saturated carbocycles. The minimum atomic E-state index is -0.250. The van der Waals surface area contributed by atoms with Crippen molar-refractivity contribution in [1.29, 1.82) is 0 Å². The number of rotatable bonds is 5. The highest BCUT2D eigenvalue weighted by molar-refractivity contribution is 5.63. The summed E-state index contributed by atoms with van der Waals surface area (Å²) in [6, 6.07) is 6.35. The van der Waals surface area contributed by atoms with Gasteiger partial charge < -0.3 is 9.63 Å². The summed E-state index contributed by atoms with van der Waals surface area (Å²) in [7, 11) is 2.01. The Kier molecular flexibility index (Phi) is 7.10. The molecule has 1 aromatic carbocycles. The Morgan fingerprint density at radius 3 is 2.50 bits per heavy atom. The molecule has 0 bridgehead atoms. The van der Waals surface area contributed by atoms with E-state index in [4.69, 9.17) is 24.5 Å². The molecule has 3 aromatic heterocycles. The number of carboxylic acid groups (broad SMARTS) is 1. The van der Waals surface area contributed by atoms with Crippen LogP contribution in [0.1, 0.15) is 53.9 Å². The molecule has 0 radical (unpaired) electrons. The summed E-state index contributed by atoms with van der Waals surface area (Å²) in [5.74, 6) is 1.12. The topological polar surface area (TPSA) is 112 Å². The van der Waals surface area contributed by atoms with Gasteiger partial charge in [-0.25, -0.2) is 0 Å². The second-order valence-electron chi connectivity index (χ2n) is 10.3. The van der Waals surface area contributed by atoms with E-state index in [-0.39, 0.29) is 6.47 Å². The maximum Gasteiger partial charge on any atom is 0.290 e. The third-order valence-electron chi connectivity index (χ3n) is 6.92. The van der Waals surface area contributed by atoms with Crippen LogP contribution in [0.5, 0.6) is 0 Å². The summed E-state index contributed by atoms with van der Waals surface area (Å²) in [6.45, 7) is 11.6. The van der Waals surface area contributed by atoms with E-state index >= 15 is 0 Å². The monoisotopic (exact) mass is 490 g/mol. The normalized spacial score (nSPS) is 14.2. The van der Waals surface area contributed by atoms with Crippen LogP contribution in [0.4, 0.5) is 0 Å². The van der Waals surface area contributed by atoms with Crippen LogP contribution in [0, 0.1) is 26.2 Å². The van der Waals surface area contributed by atoms with Crippen molar-refractivity contribution in [3.05, 3.63) is 58.0 Å². The van der Waals surface area contributed by atoms with Gasteiger partial charge in [0.25, 0.3) is 12.4 Å². The molecule has 190 valence electrons. The number of hydrogen-bond donors (Lipinski definition) is 1. The Balaban J connectivity index is 0.000000967. The Labute approximate surface area is 211 Å². The van der Waals surface area contributed by atoms with Gasteiger partial charge in [0, 0.05) is 36.6 Å². The lowest BCUT2D eigenvalue weighted by atomic mass is 9.76. The molecule has 0 spiro atoms. The minimum absolute atomic E-state index is 0.250. The number of carbonyl (C=O) groups is 1. The van der Waals surface area contributed by atoms with E-state index in [9.17, 15) is 0 Å². The fourth-order valence-corrected chi connectivity index (χ4v) is 5.03. The van der Waals surface area contributed by atoms with Crippen molar-refractivity contribution in [2.45, 2.75) is 66.8 Å². The van der Waals surface area contributed by atoms with Crippen molar-refractivity contribution in [1.82, 2.24) is 29.7 Å². The van der Waals surface area contributed by atoms with Crippen LogP contribution in [-0.4, -0.2) is 41.3 Å². The molecule has 36 heavy (non-hydrogen) atoms. The molecule has 1 aliphatic carbocycles. The fourth-order valence-electron chi connectivity index (χ4n) is 5.03. The number of nitrogens with zero attached hydrogens (tertiary/aromatic N) is 6. The Bertz CT molecular complexity index is 1360. The highest BCUT2D eigenvalue weighted by Crippen LogP contribution is 2.38. The number of fused-ring (bicyclic) bond motifs is 1. The van der Waals surface area contributed by atoms with E-state index < -0.39 is 0 Å². The predicted molar refractivity (Wildman–Crippen MR) is 137 cm³/mol. The van der Waals surface area contributed by atoms with Gasteiger partial charge in [0.05, 0.1) is 5.69 Å². The average Bonchev–Trinajstić information content (AvgIpc) is 3.52. The van der Waals surface area contributed by atoms with Gasteiger partial charge >= 0.3 is 0 Å². The highest BCUT2D eigenvalue weighted by atomic mass is 16.5. The van der Waals surface area contributed by atoms with Gasteiger partial charge in [-0.2, -0.15) is 15.2 Å². The molecule has 0 saturated heterocycles. The first-order valence-electron chi connectivity index (χ1n) is 12.2. The Hall–Kier alpha value is -3.75. The van der Waals surface area contributed by atoms with Crippen molar-refractivity contribution in [3.8, 4) is 23.0 Å². The van der Waals surface area contributed by atoms with Gasteiger partial charge in [-0.15, -0.1) is 0 Å². The summed E-state index contributed by atoms with van der Waals surface area (Å²) >= 11 is 0. The SMILES string of the molecule is Cc1ccn(CCc2c(C)cc(-c3noc(-c4nn(C)c5c4CCC(C)(C)C5)n3)cc2C)n1.O=CO. The predicted octanol–water partition coefficient (Wildman–Crippen LogP) is 4.72. The van der Waals surface area contributed by atoms with Gasteiger partial charge in [-0.3, -0.25) is 14.2 Å². The average molecular weight is 491 g/mol. The molecule has 3 heterocycles. The molecule has 0 amide bonds. The summed E-state index contributed by atoms with van der Waals surface area (Å²) in [5.41, 5.74) is 9.50. The number of aromatic nitrogens is 6. The van der Waals surface area contributed by atoms with Crippen molar-refractivity contribution in [2.24, 2.45) is 12.5 Å². The van der Waals surface area contributed by atoms with Crippen molar-refractivity contribution in [3.63, 3.8) is 0 Å². The minimum Gasteiger partial charge on any atom is -0.483 e. The van der Waals surface area contributed by atoms with Crippen LogP contribution < -0.4 is 0 Å². The van der Waals surface area contributed by atoms with E-state index in [0.29, 0.717) is 17.1 Å². The van der Waals surface area contributed by atoms with Crippen LogP contribution >= 0.6 is 0 Å². The molecule has 0 atom stereocenters. The molecule has 1 N–H and O–H groups in total. The molecule has 9 heteroatoms. The van der Waals surface area contributed by atoms with Crippen molar-refractivity contribution < 1.29 is 14.4 Å². The molecular weight excluding hydrogens is 456 g/mol. The van der Waals surface area contributed by atoms with E-state index in [2.05, 4.69) is 50.1 Å². The molecule has 0 aliphatic heterocycles. The summed E-state index contributed by atoms with van der Waals surface area (Å²) < 4.78 is 9.69. The maximum absolute atomic E-state index is 8.36. The molecule has 0 fully saturated rings. The summed E-state index contributed by atoms with van der Waals surface area (Å²) in [4.78, 5) is 13.1. The second kappa shape index (κ2) is 10.1. The highest BCUT2D eigenvalue weighted by Gasteiger charge is 2.32. The van der Waals surface area contributed by atoms with Crippen LogP contribution in [-0.2, 0) is 37.6 Å². The first-order chi connectivity index (χ1) is 17.1. The zero-order valence-electron chi connectivity index (χ0n) is 21.9. The molecule has 4 aromatic rings. The third kappa shape index (κ3) is 5.24. The number of aryl methyl sites for hydroxylation is 5. The molecular formula is C27H34N6O3. The molecule has 0 unspecified atom stereocenters. The fraction of sp³-hybridized carbons (Fsp3) is 0.444. The van der Waals surface area contributed by atoms with Gasteiger partial charge in [0.2, 0.25) is 5.82 Å². The third-order valence-corrected chi connectivity index (χ3v) is 6.92. The quantitative estimate of drug-likeness (QED) is 0.403. The standard InChI is InChI=1S/C26H32N6O.CH2O2/c1-16-13-19(14-17(2)20(16)9-12-32-11-8-18(3)28-32)24-27-25(33-30-24)23-21-7-10-26(4,5)15-22(21)31(6)29-23;2-1-3/h8,11,13-14H,7,9-10,12,15H2,1-6H3;1H,(H,2,3). The van der Waals surface area contributed by atoms with E-state index in [1.54, 1.807) is 0 Å². The first kappa shape index (κ1) is 25.3. The van der Waals surface area contributed by atoms with Crippen LogP contribution in [0.15, 0.2) is 28.9 Å². The summed E-state index contributed by atoms with van der Waals surface area (Å²) in [6.07, 6.45) is 6.12. The Morgan fingerprint density at radius 1 is 1.17 bits per heavy atom. The summed E-state index contributed by atoms with van der Waals surface area (Å²) in [5, 5.41) is 20.4. The van der Waals surface area contributed by atoms with Crippen LogP contribution in [0.2, 0.25) is 0 Å². The lowest BCUT2D eigenvalue weighted by Gasteiger charge is -2.29. The van der Waals surface area contributed by atoms with Crippen molar-refractivity contribution >= 4 is 6.47 Å². The van der Waals surface area contributed by atoms with Gasteiger partial charge in [0.1, 0.15) is 0 Å². The Morgan fingerprint density at radius 2 is 1.86 bits per heavy atom. The molecule has 9 nitrogen and oxygen atoms in total. The zero-order chi connectivity index (χ0) is 26.0. The molecule has 1 aliphatic rings. The maximum atomic E-state index is 8.36. The molecule has 5 rings (SSSR count). The lowest BCUT2D eigenvalue weighted by molar-refractivity contribution is -0.122. The number of benzene rings is 1. The van der Waals surface area contributed by atoms with E-state index in [1.807, 2.05) is 35.6 Å². The van der Waals surface area contributed by atoms with Crippen LogP contribution in [0.3, 0.4) is 0 Å².